The molecule has 1 atom stereocenters. The van der Waals surface area contributed by atoms with Crippen molar-refractivity contribution in [3.05, 3.63) is 75.0 Å². The molecule has 0 fully saturated rings. The van der Waals surface area contributed by atoms with Gasteiger partial charge in [-0.1, -0.05) is 17.7 Å². The molecule has 1 aliphatic heterocycles. The summed E-state index contributed by atoms with van der Waals surface area (Å²) in [5, 5.41) is 28.4. The number of hydrogen-bond acceptors (Lipinski definition) is 5. The van der Waals surface area contributed by atoms with E-state index in [0.29, 0.717) is 31.6 Å². The normalized spacial score (nSPS) is 16.7. The Morgan fingerprint density at radius 2 is 1.83 bits per heavy atom. The third-order valence-corrected chi connectivity index (χ3v) is 7.73. The van der Waals surface area contributed by atoms with Gasteiger partial charge in [0.2, 0.25) is 15.9 Å². The fourth-order valence-corrected chi connectivity index (χ4v) is 5.63. The highest BCUT2D eigenvalue weighted by molar-refractivity contribution is 8.23. The SMILES string of the molecule is N#CC1=C[SH](c2cc(CC(=O)Nc3ccc(S(N)(=O)=O)cc3)ccc2Cl)C(C#N)=C1. The summed E-state index contributed by atoms with van der Waals surface area (Å²) in [6.07, 6.45) is 1.59. The van der Waals surface area contributed by atoms with Gasteiger partial charge < -0.3 is 5.32 Å². The van der Waals surface area contributed by atoms with Gasteiger partial charge in [0.1, 0.15) is 6.07 Å². The second-order valence-corrected chi connectivity index (χ2v) is 10.2. The highest BCUT2D eigenvalue weighted by Gasteiger charge is 2.20. The largest absolute Gasteiger partial charge is 0.326 e. The molecular formula is C20H15ClN4O3S2. The molecule has 0 saturated heterocycles. The number of hydrogen-bond donors (Lipinski definition) is 3. The number of carbonyl (C=O) groups excluding carboxylic acids is 1. The van der Waals surface area contributed by atoms with Gasteiger partial charge in [0, 0.05) is 10.6 Å². The Morgan fingerprint density at radius 3 is 2.43 bits per heavy atom. The van der Waals surface area contributed by atoms with E-state index in [1.807, 2.05) is 6.07 Å². The van der Waals surface area contributed by atoms with Crippen LogP contribution >= 0.6 is 22.5 Å². The highest BCUT2D eigenvalue weighted by atomic mass is 35.5. The number of nitrogens with two attached hydrogens (primary N) is 1. The Hall–Kier alpha value is -3.08. The average Bonchev–Trinajstić information content (AvgIpc) is 3.12. The Morgan fingerprint density at radius 1 is 1.13 bits per heavy atom. The molecule has 1 unspecified atom stereocenters. The fraction of sp³-hybridized carbons (Fsp3) is 0.0500. The number of nitriles is 2. The molecule has 3 N–H and O–H groups in total. The van der Waals surface area contributed by atoms with Crippen molar-refractivity contribution in [1.29, 1.82) is 10.5 Å². The minimum Gasteiger partial charge on any atom is -0.326 e. The van der Waals surface area contributed by atoms with Gasteiger partial charge in [0.15, 0.2) is 0 Å². The van der Waals surface area contributed by atoms with Gasteiger partial charge >= 0.3 is 0 Å². The smallest absolute Gasteiger partial charge is 0.238 e. The predicted molar refractivity (Wildman–Crippen MR) is 116 cm³/mol. The van der Waals surface area contributed by atoms with Crippen LogP contribution in [-0.4, -0.2) is 14.3 Å². The van der Waals surface area contributed by atoms with E-state index < -0.39 is 20.9 Å². The van der Waals surface area contributed by atoms with Crippen LogP contribution in [0.15, 0.2) is 74.2 Å². The van der Waals surface area contributed by atoms with E-state index in [-0.39, 0.29) is 17.2 Å². The molecule has 7 nitrogen and oxygen atoms in total. The molecule has 3 rings (SSSR count). The maximum absolute atomic E-state index is 12.4. The van der Waals surface area contributed by atoms with Crippen molar-refractivity contribution in [1.82, 2.24) is 0 Å². The topological polar surface area (TPSA) is 137 Å². The minimum absolute atomic E-state index is 0.0463. The molecule has 0 aromatic heterocycles. The van der Waals surface area contributed by atoms with Crippen LogP contribution in [0.25, 0.3) is 0 Å². The lowest BCUT2D eigenvalue weighted by Crippen LogP contribution is -2.15. The van der Waals surface area contributed by atoms with E-state index in [0.717, 1.165) is 0 Å². The van der Waals surface area contributed by atoms with Crippen molar-refractivity contribution in [3.8, 4) is 12.1 Å². The van der Waals surface area contributed by atoms with Crippen LogP contribution < -0.4 is 10.5 Å². The number of anilines is 1. The van der Waals surface area contributed by atoms with Crippen LogP contribution in [0, 0.1) is 22.7 Å². The summed E-state index contributed by atoms with van der Waals surface area (Å²) in [4.78, 5) is 13.5. The summed E-state index contributed by atoms with van der Waals surface area (Å²) in [6, 6.07) is 14.8. The monoisotopic (exact) mass is 458 g/mol. The third-order valence-electron chi connectivity index (χ3n) is 4.16. The zero-order valence-electron chi connectivity index (χ0n) is 15.3. The van der Waals surface area contributed by atoms with Gasteiger partial charge in [-0.25, -0.2) is 13.6 Å². The molecule has 10 heteroatoms. The van der Waals surface area contributed by atoms with Gasteiger partial charge in [-0.15, -0.1) is 0 Å². The van der Waals surface area contributed by atoms with E-state index in [9.17, 15) is 18.5 Å². The van der Waals surface area contributed by atoms with E-state index in [1.54, 1.807) is 29.7 Å². The molecule has 1 aliphatic rings. The molecule has 0 aliphatic carbocycles. The molecule has 30 heavy (non-hydrogen) atoms. The van der Waals surface area contributed by atoms with Crippen LogP contribution in [0.4, 0.5) is 5.69 Å². The lowest BCUT2D eigenvalue weighted by molar-refractivity contribution is -0.115. The second-order valence-electron chi connectivity index (χ2n) is 6.29. The third kappa shape index (κ3) is 4.90. The van der Waals surface area contributed by atoms with E-state index in [4.69, 9.17) is 22.0 Å². The first kappa shape index (κ1) is 21.6. The number of nitrogens with one attached hydrogen (secondary N) is 1. The molecule has 1 amide bonds. The van der Waals surface area contributed by atoms with E-state index >= 15 is 0 Å². The van der Waals surface area contributed by atoms with Crippen LogP contribution in [0.5, 0.6) is 0 Å². The number of carbonyl (C=O) groups is 1. The Bertz CT molecular complexity index is 1270. The van der Waals surface area contributed by atoms with Crippen LogP contribution in [0.1, 0.15) is 5.56 Å². The Balaban J connectivity index is 1.77. The number of allylic oxidation sites excluding steroid dienone is 3. The number of primary sulfonamides is 1. The summed E-state index contributed by atoms with van der Waals surface area (Å²) in [5.74, 6) is -0.310. The van der Waals surface area contributed by atoms with Crippen molar-refractivity contribution < 1.29 is 13.2 Å². The van der Waals surface area contributed by atoms with E-state index in [1.165, 1.54) is 24.3 Å². The molecular weight excluding hydrogens is 444 g/mol. The lowest BCUT2D eigenvalue weighted by atomic mass is 10.1. The van der Waals surface area contributed by atoms with E-state index in [2.05, 4.69) is 11.4 Å². The lowest BCUT2D eigenvalue weighted by Gasteiger charge is -2.16. The number of rotatable bonds is 5. The predicted octanol–water partition coefficient (Wildman–Crippen LogP) is 3.36. The van der Waals surface area contributed by atoms with Crippen molar-refractivity contribution in [2.75, 3.05) is 5.32 Å². The van der Waals surface area contributed by atoms with Crippen LogP contribution in [0.3, 0.4) is 0 Å². The standard InChI is InChI=1S/C20H15ClN4O3S2/c21-18-6-1-13(8-19(18)29-12-14(10-22)7-16(29)11-23)9-20(26)25-15-2-4-17(5-3-15)30(24,27)28/h1-8,12,29H,9H2,(H,25,26)(H2,24,27,28). The van der Waals surface area contributed by atoms with Crippen LogP contribution in [0.2, 0.25) is 5.02 Å². The highest BCUT2D eigenvalue weighted by Crippen LogP contribution is 2.52. The maximum Gasteiger partial charge on any atom is 0.238 e. The van der Waals surface area contributed by atoms with Gasteiger partial charge in [0.05, 0.1) is 32.9 Å². The summed E-state index contributed by atoms with van der Waals surface area (Å²) < 4.78 is 22.6. The molecule has 0 saturated carbocycles. The quantitative estimate of drug-likeness (QED) is 0.590. The van der Waals surface area contributed by atoms with Crippen molar-refractivity contribution in [2.24, 2.45) is 5.14 Å². The molecule has 2 aromatic rings. The summed E-state index contributed by atoms with van der Waals surface area (Å²) in [7, 11) is -4.99. The van der Waals surface area contributed by atoms with Crippen molar-refractivity contribution >= 4 is 44.1 Å². The Kier molecular flexibility index (Phi) is 6.30. The first-order chi connectivity index (χ1) is 14.2. The number of halogens is 1. The summed E-state index contributed by atoms with van der Waals surface area (Å²) in [6.45, 7) is 0. The fourth-order valence-electron chi connectivity index (χ4n) is 2.78. The Labute approximate surface area is 181 Å². The maximum atomic E-state index is 12.4. The average molecular weight is 459 g/mol. The molecule has 2 aromatic carbocycles. The van der Waals surface area contributed by atoms with Crippen molar-refractivity contribution in [2.45, 2.75) is 16.2 Å². The van der Waals surface area contributed by atoms with Gasteiger partial charge in [-0.3, -0.25) is 4.79 Å². The van der Waals surface area contributed by atoms with Gasteiger partial charge in [0.25, 0.3) is 0 Å². The molecule has 0 bridgehead atoms. The number of thiol groups is 1. The zero-order valence-corrected chi connectivity index (χ0v) is 17.8. The first-order valence-corrected chi connectivity index (χ1v) is 11.8. The zero-order chi connectivity index (χ0) is 21.9. The van der Waals surface area contributed by atoms with Gasteiger partial charge in [-0.05, 0) is 53.4 Å². The molecule has 0 radical (unpaired) electrons. The first-order valence-electron chi connectivity index (χ1n) is 8.45. The minimum atomic E-state index is -3.80. The molecule has 0 spiro atoms. The number of benzene rings is 2. The van der Waals surface area contributed by atoms with Gasteiger partial charge in [-0.2, -0.15) is 21.4 Å². The number of sulfonamides is 1. The number of amides is 1. The molecule has 152 valence electrons. The summed E-state index contributed by atoms with van der Waals surface area (Å²) in [5.41, 5.74) is 1.53. The molecule has 1 heterocycles. The van der Waals surface area contributed by atoms with Crippen LogP contribution in [-0.2, 0) is 21.2 Å². The van der Waals surface area contributed by atoms with Crippen molar-refractivity contribution in [3.63, 3.8) is 0 Å². The summed E-state index contributed by atoms with van der Waals surface area (Å²) >= 11 is 6.31. The second kappa shape index (κ2) is 8.74. The number of nitrogens with zero attached hydrogens (tertiary/aromatic N) is 2.